The summed E-state index contributed by atoms with van der Waals surface area (Å²) in [6, 6.07) is 12.2. The van der Waals surface area contributed by atoms with Crippen molar-refractivity contribution in [3.05, 3.63) is 87.6 Å². The lowest BCUT2D eigenvalue weighted by molar-refractivity contribution is -0.384. The highest BCUT2D eigenvalue weighted by molar-refractivity contribution is 6.30. The van der Waals surface area contributed by atoms with Crippen LogP contribution in [-0.4, -0.2) is 36.2 Å². The summed E-state index contributed by atoms with van der Waals surface area (Å²) in [5, 5.41) is 15.2. The molecule has 0 radical (unpaired) electrons. The maximum atomic E-state index is 12.2. The van der Waals surface area contributed by atoms with Gasteiger partial charge in [-0.1, -0.05) is 11.6 Å². The molecule has 2 heterocycles. The van der Waals surface area contributed by atoms with Gasteiger partial charge >= 0.3 is 0 Å². The fraction of sp³-hybridized carbons (Fsp3) is 0. The van der Waals surface area contributed by atoms with E-state index in [1.165, 1.54) is 30.6 Å². The zero-order valence-corrected chi connectivity index (χ0v) is 16.4. The van der Waals surface area contributed by atoms with Crippen molar-refractivity contribution in [3.8, 4) is 5.69 Å². The van der Waals surface area contributed by atoms with Gasteiger partial charge in [0.05, 0.1) is 4.92 Å². The van der Waals surface area contributed by atoms with Crippen molar-refractivity contribution >= 4 is 40.2 Å². The first kappa shape index (κ1) is 19.9. The number of carbonyl (C=O) groups is 1. The molecule has 12 heteroatoms. The summed E-state index contributed by atoms with van der Waals surface area (Å²) in [6.07, 6.45) is 2.88. The van der Waals surface area contributed by atoms with Crippen LogP contribution < -0.4 is 11.2 Å². The molecule has 0 aliphatic rings. The monoisotopic (exact) mass is 436 g/mol. The number of aromatic nitrogens is 4. The van der Waals surface area contributed by atoms with Crippen molar-refractivity contribution in [3.63, 3.8) is 0 Å². The van der Waals surface area contributed by atoms with E-state index in [9.17, 15) is 14.9 Å². The molecule has 2 aromatic carbocycles. The Morgan fingerprint density at radius 3 is 2.48 bits per heavy atom. The summed E-state index contributed by atoms with van der Waals surface area (Å²) in [6.45, 7) is 0. The van der Waals surface area contributed by atoms with Gasteiger partial charge in [-0.3, -0.25) is 19.5 Å². The highest BCUT2D eigenvalue weighted by Crippen LogP contribution is 2.19. The van der Waals surface area contributed by atoms with Crippen molar-refractivity contribution < 1.29 is 9.72 Å². The lowest BCUT2D eigenvalue weighted by Crippen LogP contribution is -2.25. The number of non-ortho nitro benzene ring substituents is 1. The van der Waals surface area contributed by atoms with Gasteiger partial charge in [0, 0.05) is 28.4 Å². The van der Waals surface area contributed by atoms with Crippen molar-refractivity contribution in [1.82, 2.24) is 24.9 Å². The zero-order valence-electron chi connectivity index (χ0n) is 15.6. The molecule has 0 spiro atoms. The average molecular weight is 437 g/mol. The van der Waals surface area contributed by atoms with E-state index < -0.39 is 10.8 Å². The Morgan fingerprint density at radius 2 is 1.81 bits per heavy atom. The molecule has 0 bridgehead atoms. The summed E-state index contributed by atoms with van der Waals surface area (Å²) < 4.78 is 1.74. The van der Waals surface area contributed by atoms with Crippen molar-refractivity contribution in [2.24, 2.45) is 10.8 Å². The average Bonchev–Trinajstić information content (AvgIpc) is 3.22. The predicted molar refractivity (Wildman–Crippen MR) is 113 cm³/mol. The molecule has 11 nitrogen and oxygen atoms in total. The second kappa shape index (κ2) is 8.16. The number of carbonyl (C=O) groups excluding carboxylic acids is 1. The SMILES string of the molecule is N/C(=N\NC(=O)c1ccc([N+](=O)[O-])cc1)c1ncnc2c1ncn2-c1ccc(Cl)cc1. The normalized spacial score (nSPS) is 11.5. The Kier molecular flexibility index (Phi) is 5.24. The van der Waals surface area contributed by atoms with Crippen molar-refractivity contribution in [2.45, 2.75) is 0 Å². The molecule has 0 fully saturated rings. The number of amides is 1. The van der Waals surface area contributed by atoms with Gasteiger partial charge in [0.1, 0.15) is 23.9 Å². The third-order valence-corrected chi connectivity index (χ3v) is 4.55. The molecular formula is C19H13ClN8O3. The molecule has 3 N–H and O–H groups in total. The number of nitro groups is 1. The van der Waals surface area contributed by atoms with E-state index in [0.29, 0.717) is 16.2 Å². The number of fused-ring (bicyclic) bond motifs is 1. The molecule has 0 atom stereocenters. The number of nitrogens with two attached hydrogens (primary N) is 1. The number of hydrogen-bond donors (Lipinski definition) is 2. The number of nitro benzene ring substituents is 1. The van der Waals surface area contributed by atoms with E-state index in [1.807, 2.05) is 12.1 Å². The van der Waals surface area contributed by atoms with E-state index in [0.717, 1.165) is 5.69 Å². The van der Waals surface area contributed by atoms with Gasteiger partial charge in [-0.05, 0) is 36.4 Å². The first-order chi connectivity index (χ1) is 14.9. The summed E-state index contributed by atoms with van der Waals surface area (Å²) in [4.78, 5) is 35.1. The van der Waals surface area contributed by atoms with Crippen LogP contribution in [0.3, 0.4) is 0 Å². The number of nitrogens with one attached hydrogen (secondary N) is 1. The van der Waals surface area contributed by atoms with Crippen LogP contribution in [0.4, 0.5) is 5.69 Å². The van der Waals surface area contributed by atoms with Gasteiger partial charge in [-0.2, -0.15) is 5.10 Å². The molecule has 0 saturated carbocycles. The third-order valence-electron chi connectivity index (χ3n) is 4.30. The minimum atomic E-state index is -0.588. The van der Waals surface area contributed by atoms with E-state index in [1.54, 1.807) is 23.0 Å². The van der Waals surface area contributed by atoms with Crippen LogP contribution in [0.2, 0.25) is 5.02 Å². The Balaban J connectivity index is 1.59. The van der Waals surface area contributed by atoms with Gasteiger partial charge in [-0.15, -0.1) is 0 Å². The van der Waals surface area contributed by atoms with Crippen molar-refractivity contribution in [1.29, 1.82) is 0 Å². The molecule has 0 saturated heterocycles. The maximum Gasteiger partial charge on any atom is 0.271 e. The van der Waals surface area contributed by atoms with E-state index >= 15 is 0 Å². The van der Waals surface area contributed by atoms with Crippen LogP contribution in [-0.2, 0) is 0 Å². The lowest BCUT2D eigenvalue weighted by atomic mass is 10.2. The number of benzene rings is 2. The molecular weight excluding hydrogens is 424 g/mol. The van der Waals surface area contributed by atoms with E-state index in [2.05, 4.69) is 25.5 Å². The third kappa shape index (κ3) is 4.02. The van der Waals surface area contributed by atoms with Crippen LogP contribution in [0.15, 0.2) is 66.3 Å². The minimum Gasteiger partial charge on any atom is -0.380 e. The number of rotatable bonds is 5. The molecule has 0 aliphatic carbocycles. The highest BCUT2D eigenvalue weighted by atomic mass is 35.5. The molecule has 4 aromatic rings. The van der Waals surface area contributed by atoms with Gasteiger partial charge in [0.15, 0.2) is 11.5 Å². The molecule has 4 rings (SSSR count). The summed E-state index contributed by atoms with van der Waals surface area (Å²) in [5.74, 6) is -0.668. The van der Waals surface area contributed by atoms with Gasteiger partial charge in [0.25, 0.3) is 11.6 Å². The fourth-order valence-electron chi connectivity index (χ4n) is 2.78. The highest BCUT2D eigenvalue weighted by Gasteiger charge is 2.15. The largest absolute Gasteiger partial charge is 0.380 e. The van der Waals surface area contributed by atoms with Crippen LogP contribution in [0.1, 0.15) is 16.1 Å². The van der Waals surface area contributed by atoms with Crippen molar-refractivity contribution in [2.75, 3.05) is 0 Å². The van der Waals surface area contributed by atoms with Crippen LogP contribution in [0.5, 0.6) is 0 Å². The Morgan fingerprint density at radius 1 is 1.10 bits per heavy atom. The van der Waals surface area contributed by atoms with E-state index in [-0.39, 0.29) is 22.8 Å². The Labute approximate surface area is 179 Å². The predicted octanol–water partition coefficient (Wildman–Crippen LogP) is 2.43. The van der Waals surface area contributed by atoms with Gasteiger partial charge < -0.3 is 5.73 Å². The van der Waals surface area contributed by atoms with E-state index in [4.69, 9.17) is 17.3 Å². The Bertz CT molecular complexity index is 1320. The topological polar surface area (TPSA) is 154 Å². The molecule has 2 aromatic heterocycles. The smallest absolute Gasteiger partial charge is 0.271 e. The van der Waals surface area contributed by atoms with Crippen LogP contribution in [0.25, 0.3) is 16.9 Å². The summed E-state index contributed by atoms with van der Waals surface area (Å²) >= 11 is 5.94. The number of hydrazone groups is 1. The maximum absolute atomic E-state index is 12.2. The summed E-state index contributed by atoms with van der Waals surface area (Å²) in [7, 11) is 0. The zero-order chi connectivity index (χ0) is 22.0. The number of hydrogen-bond acceptors (Lipinski definition) is 7. The number of nitrogens with zero attached hydrogens (tertiary/aromatic N) is 6. The summed E-state index contributed by atoms with van der Waals surface area (Å²) in [5.41, 5.74) is 10.3. The standard InChI is InChI=1S/C19H13ClN8O3/c20-12-3-7-13(8-4-12)27-10-24-16-15(22-9-23-18(16)27)17(21)25-26-19(29)11-1-5-14(6-2-11)28(30)31/h1-10H,(H2,21,25)(H,26,29). The molecule has 31 heavy (non-hydrogen) atoms. The molecule has 0 aliphatic heterocycles. The van der Waals surface area contributed by atoms with Crippen LogP contribution >= 0.6 is 11.6 Å². The number of halogens is 1. The molecule has 1 amide bonds. The molecule has 154 valence electrons. The second-order valence-electron chi connectivity index (χ2n) is 6.23. The minimum absolute atomic E-state index is 0.0796. The van der Waals surface area contributed by atoms with Gasteiger partial charge in [0.2, 0.25) is 0 Å². The van der Waals surface area contributed by atoms with Crippen LogP contribution in [0, 0.1) is 10.1 Å². The number of imidazole rings is 1. The fourth-order valence-corrected chi connectivity index (χ4v) is 2.90. The lowest BCUT2D eigenvalue weighted by Gasteiger charge is -2.05. The number of amidine groups is 1. The first-order valence-corrected chi connectivity index (χ1v) is 9.14. The molecule has 0 unspecified atom stereocenters. The second-order valence-corrected chi connectivity index (χ2v) is 6.66. The first-order valence-electron chi connectivity index (χ1n) is 8.76. The van der Waals surface area contributed by atoms with Gasteiger partial charge in [-0.25, -0.2) is 20.4 Å². The Hall–Kier alpha value is -4.38. The quantitative estimate of drug-likeness (QED) is 0.210.